The monoisotopic (exact) mass is 594 g/mol. The summed E-state index contributed by atoms with van der Waals surface area (Å²) in [7, 11) is -4.44. The number of aliphatic hydroxyl groups is 1. The molecule has 41 heavy (non-hydrogen) atoms. The number of hydrogen-bond donors (Lipinski definition) is 5. The number of hydrogen-bond acceptors (Lipinski definition) is 10. The normalized spacial score (nSPS) is 23.3. The molecule has 1 aromatic heterocycles. The number of benzene rings is 1. The second-order valence-electron chi connectivity index (χ2n) is 9.56. The molecular weight excluding hydrogens is 564 g/mol. The van der Waals surface area contributed by atoms with E-state index in [-0.39, 0.29) is 38.5 Å². The third-order valence-corrected chi connectivity index (χ3v) is 7.66. The van der Waals surface area contributed by atoms with Crippen LogP contribution in [0.1, 0.15) is 24.3 Å². The number of imide groups is 1. The van der Waals surface area contributed by atoms with E-state index in [0.717, 1.165) is 0 Å². The molecule has 3 unspecified atom stereocenters. The number of nitrogens with zero attached hydrogens (tertiary/aromatic N) is 4. The molecule has 4 atom stereocenters. The average molecular weight is 595 g/mol. The number of likely N-dealkylation sites (tertiary alicyclic amines) is 1. The van der Waals surface area contributed by atoms with Crippen molar-refractivity contribution in [3.05, 3.63) is 52.9 Å². The standard InChI is InChI=1S/C23H30N8O9S/c1-3-31(37)10-9-29(13-18(31)32)22(35)25-19(15-7-5-4-6-8-15)20(33)24-16-12-30(21(16)34)23(36)28-41(38,39)27-17-11-14(2)40-26-17/h4-8,11,16,18-19,32H,3,9-10,12-13H2,1-2H3,(H,24,33)(H,25,35)(H,26,27)(H,28,36)/t16-,18?,19?,31?/m1/s1. The highest BCUT2D eigenvalue weighted by atomic mass is 32.2. The van der Waals surface area contributed by atoms with Gasteiger partial charge in [-0.25, -0.2) is 19.0 Å². The minimum Gasteiger partial charge on any atom is -0.631 e. The number of rotatable bonds is 8. The Balaban J connectivity index is 1.36. The van der Waals surface area contributed by atoms with Gasteiger partial charge in [-0.15, -0.1) is 0 Å². The first kappa shape index (κ1) is 29.7. The van der Waals surface area contributed by atoms with Gasteiger partial charge in [-0.05, 0) is 19.4 Å². The summed E-state index contributed by atoms with van der Waals surface area (Å²) in [6.45, 7) is 2.79. The maximum absolute atomic E-state index is 13.2. The lowest BCUT2D eigenvalue weighted by Gasteiger charge is -2.50. The van der Waals surface area contributed by atoms with Gasteiger partial charge in [0, 0.05) is 6.07 Å². The molecule has 2 fully saturated rings. The fourth-order valence-corrected chi connectivity index (χ4v) is 5.07. The number of anilines is 1. The van der Waals surface area contributed by atoms with Crippen LogP contribution >= 0.6 is 0 Å². The van der Waals surface area contributed by atoms with Crippen LogP contribution in [0.4, 0.5) is 15.4 Å². The van der Waals surface area contributed by atoms with E-state index in [0.29, 0.717) is 16.2 Å². The maximum Gasteiger partial charge on any atom is 0.339 e. The van der Waals surface area contributed by atoms with Crippen molar-refractivity contribution in [3.63, 3.8) is 0 Å². The van der Waals surface area contributed by atoms with Gasteiger partial charge in [0.2, 0.25) is 12.1 Å². The minimum absolute atomic E-state index is 0.0226. The number of hydroxylamine groups is 3. The number of carbonyl (C=O) groups excluding carboxylic acids is 4. The molecule has 0 spiro atoms. The summed E-state index contributed by atoms with van der Waals surface area (Å²) in [5, 5.41) is 31.3. The summed E-state index contributed by atoms with van der Waals surface area (Å²) in [6, 6.07) is 5.08. The van der Waals surface area contributed by atoms with Gasteiger partial charge >= 0.3 is 22.3 Å². The number of quaternary nitrogens is 1. The van der Waals surface area contributed by atoms with Crippen molar-refractivity contribution in [2.45, 2.75) is 32.2 Å². The third-order valence-electron chi connectivity index (χ3n) is 6.74. The number of aromatic nitrogens is 1. The molecule has 0 radical (unpaired) electrons. The Bertz CT molecular complexity index is 1420. The van der Waals surface area contributed by atoms with Crippen LogP contribution in [0.2, 0.25) is 0 Å². The number of piperazine rings is 1. The number of β-amino-alcohol motifs (C(OH)–C–C–N with tert-alkyl or cyclic N) is 1. The summed E-state index contributed by atoms with van der Waals surface area (Å²) in [4.78, 5) is 53.0. The Kier molecular flexibility index (Phi) is 8.47. The Morgan fingerprint density at radius 1 is 1.22 bits per heavy atom. The largest absolute Gasteiger partial charge is 0.631 e. The smallest absolute Gasteiger partial charge is 0.339 e. The minimum atomic E-state index is -4.44. The molecule has 2 saturated heterocycles. The van der Waals surface area contributed by atoms with Gasteiger partial charge in [-0.1, -0.05) is 35.5 Å². The summed E-state index contributed by atoms with van der Waals surface area (Å²) in [5.74, 6) is -1.49. The first-order valence-corrected chi connectivity index (χ1v) is 14.1. The predicted octanol–water partition coefficient (Wildman–Crippen LogP) is -0.904. The van der Waals surface area contributed by atoms with Crippen molar-refractivity contribution in [3.8, 4) is 0 Å². The lowest BCUT2D eigenvalue weighted by molar-refractivity contribution is -0.929. The van der Waals surface area contributed by atoms with Gasteiger partial charge in [-0.2, -0.15) is 8.42 Å². The van der Waals surface area contributed by atoms with E-state index in [2.05, 4.69) is 15.8 Å². The quantitative estimate of drug-likeness (QED) is 0.144. The molecule has 5 N–H and O–H groups in total. The number of likely N-dealkylation sites (N-methyl/N-ethyl adjacent to an activating group) is 1. The van der Waals surface area contributed by atoms with Crippen molar-refractivity contribution in [2.24, 2.45) is 0 Å². The van der Waals surface area contributed by atoms with E-state index in [1.165, 1.54) is 17.9 Å². The molecule has 1 aromatic carbocycles. The van der Waals surface area contributed by atoms with E-state index in [9.17, 15) is 37.9 Å². The van der Waals surface area contributed by atoms with Crippen molar-refractivity contribution in [1.82, 2.24) is 30.3 Å². The highest BCUT2D eigenvalue weighted by Crippen LogP contribution is 2.20. The van der Waals surface area contributed by atoms with Gasteiger partial charge in [0.05, 0.1) is 26.2 Å². The SMILES string of the molecule is CC[N+]1([O-])CCN(C(=O)NC(C(=O)N[C@@H]2CN(C(=O)NS(=O)(=O)Nc3cc(C)on3)C2=O)c2ccccc2)CC1O. The number of carbonyl (C=O) groups is 4. The number of β-lactam (4-membered cyclic amide) rings is 1. The molecular formula is C23H30N8O9S. The van der Waals surface area contributed by atoms with Crippen molar-refractivity contribution in [2.75, 3.05) is 37.4 Å². The van der Waals surface area contributed by atoms with Gasteiger partial charge in [-0.3, -0.25) is 14.5 Å². The molecule has 0 bridgehead atoms. The van der Waals surface area contributed by atoms with Crippen LogP contribution in [0, 0.1) is 12.1 Å². The van der Waals surface area contributed by atoms with Crippen LogP contribution in [-0.2, 0) is 19.8 Å². The molecule has 4 rings (SSSR count). The molecule has 17 nitrogen and oxygen atoms in total. The van der Waals surface area contributed by atoms with E-state index < -0.39 is 57.0 Å². The van der Waals surface area contributed by atoms with Gasteiger partial charge in [0.15, 0.2) is 5.82 Å². The Hall–Kier alpha value is -4.26. The number of aliphatic hydroxyl groups excluding tert-OH is 1. The van der Waals surface area contributed by atoms with E-state index in [1.54, 1.807) is 42.0 Å². The van der Waals surface area contributed by atoms with Crippen molar-refractivity contribution < 1.29 is 41.9 Å². The Labute approximate surface area is 234 Å². The number of aryl methyl sites for hydroxylation is 1. The van der Waals surface area contributed by atoms with Crippen molar-refractivity contribution >= 4 is 39.9 Å². The molecule has 3 heterocycles. The molecule has 18 heteroatoms. The fraction of sp³-hybridized carbons (Fsp3) is 0.435. The molecule has 2 aromatic rings. The zero-order chi connectivity index (χ0) is 29.9. The van der Waals surface area contributed by atoms with Crippen molar-refractivity contribution in [1.29, 1.82) is 0 Å². The van der Waals surface area contributed by atoms with Crippen LogP contribution < -0.4 is 20.1 Å². The zero-order valence-corrected chi connectivity index (χ0v) is 23.0. The van der Waals surface area contributed by atoms with Gasteiger partial charge in [0.1, 0.15) is 24.4 Å². The summed E-state index contributed by atoms with van der Waals surface area (Å²) in [5.41, 5.74) is 0.389. The van der Waals surface area contributed by atoms with Gasteiger partial charge < -0.3 is 35.0 Å². The first-order valence-electron chi connectivity index (χ1n) is 12.6. The maximum atomic E-state index is 13.2. The molecule has 2 aliphatic rings. The molecule has 6 amide bonds. The number of nitrogens with one attached hydrogen (secondary N) is 4. The fourth-order valence-electron chi connectivity index (χ4n) is 4.31. The average Bonchev–Trinajstić information content (AvgIpc) is 3.33. The van der Waals surface area contributed by atoms with Crippen LogP contribution in [-0.4, -0.2) is 102 Å². The summed E-state index contributed by atoms with van der Waals surface area (Å²) >= 11 is 0. The molecule has 0 saturated carbocycles. The molecule has 222 valence electrons. The second-order valence-corrected chi connectivity index (χ2v) is 11.0. The molecule has 2 aliphatic heterocycles. The topological polar surface area (TPSA) is 226 Å². The highest BCUT2D eigenvalue weighted by Gasteiger charge is 2.44. The Morgan fingerprint density at radius 3 is 2.51 bits per heavy atom. The highest BCUT2D eigenvalue weighted by molar-refractivity contribution is 7.91. The van der Waals surface area contributed by atoms with E-state index in [1.807, 2.05) is 4.72 Å². The second kappa shape index (κ2) is 11.7. The Morgan fingerprint density at radius 2 is 1.93 bits per heavy atom. The lowest BCUT2D eigenvalue weighted by Crippen LogP contribution is -2.68. The van der Waals surface area contributed by atoms with E-state index >= 15 is 0 Å². The lowest BCUT2D eigenvalue weighted by atomic mass is 10.0. The van der Waals surface area contributed by atoms with Crippen LogP contribution in [0.25, 0.3) is 0 Å². The predicted molar refractivity (Wildman–Crippen MR) is 140 cm³/mol. The van der Waals surface area contributed by atoms with Gasteiger partial charge in [0.25, 0.3) is 5.91 Å². The zero-order valence-electron chi connectivity index (χ0n) is 22.1. The first-order chi connectivity index (χ1) is 19.3. The van der Waals surface area contributed by atoms with E-state index in [4.69, 9.17) is 4.52 Å². The number of urea groups is 2. The van der Waals surface area contributed by atoms with Crippen LogP contribution in [0.3, 0.4) is 0 Å². The number of amides is 6. The summed E-state index contributed by atoms with van der Waals surface area (Å²) < 4.78 is 31.9. The molecule has 0 aliphatic carbocycles. The summed E-state index contributed by atoms with van der Waals surface area (Å²) in [6.07, 6.45) is -1.34. The van der Waals surface area contributed by atoms with Crippen LogP contribution in [0.5, 0.6) is 0 Å². The van der Waals surface area contributed by atoms with Crippen LogP contribution in [0.15, 0.2) is 40.9 Å². The third kappa shape index (κ3) is 6.73.